The molecule has 2 atom stereocenters. The molecule has 0 saturated heterocycles. The van der Waals surface area contributed by atoms with E-state index in [2.05, 4.69) is 9.47 Å². The minimum atomic E-state index is -3.00. The number of carbonyl (C=O) groups is 2. The summed E-state index contributed by atoms with van der Waals surface area (Å²) in [6.45, 7) is -1.42. The highest BCUT2D eigenvalue weighted by atomic mass is 16.5. The lowest BCUT2D eigenvalue weighted by atomic mass is 9.98. The maximum Gasteiger partial charge on any atom is 0.312 e. The number of ether oxygens (including phenoxy) is 4. The summed E-state index contributed by atoms with van der Waals surface area (Å²) in [6, 6.07) is 20.3. The van der Waals surface area contributed by atoms with Gasteiger partial charge in [0.05, 0.1) is 48.3 Å². The molecule has 0 heterocycles. The van der Waals surface area contributed by atoms with E-state index in [9.17, 15) is 9.59 Å². The zero-order chi connectivity index (χ0) is 34.7. The molecule has 6 nitrogen and oxygen atoms in total. The predicted molar refractivity (Wildman–Crippen MR) is 142 cm³/mol. The second-order valence-corrected chi connectivity index (χ2v) is 7.77. The number of hydrogen-bond donors (Lipinski definition) is 0. The molecule has 0 saturated carbocycles. The van der Waals surface area contributed by atoms with E-state index in [0.717, 1.165) is 16.2 Å². The van der Waals surface area contributed by atoms with Crippen molar-refractivity contribution >= 4 is 33.5 Å². The van der Waals surface area contributed by atoms with E-state index in [1.165, 1.54) is 26.2 Å². The molecule has 4 aromatic carbocycles. The van der Waals surface area contributed by atoms with E-state index in [-0.39, 0.29) is 5.56 Å². The average molecular weight is 499 g/mol. The fourth-order valence-corrected chi connectivity index (χ4v) is 3.52. The molecule has 0 amide bonds. The second-order valence-electron chi connectivity index (χ2n) is 7.77. The average Bonchev–Trinajstić information content (AvgIpc) is 2.94. The van der Waals surface area contributed by atoms with Crippen LogP contribution in [0.15, 0.2) is 72.8 Å². The molecule has 0 aromatic heterocycles. The number of benzene rings is 4. The van der Waals surface area contributed by atoms with Crippen molar-refractivity contribution in [2.24, 2.45) is 0 Å². The number of rotatable bonds is 6. The highest BCUT2D eigenvalue weighted by Gasteiger charge is 2.16. The predicted octanol–water partition coefficient (Wildman–Crippen LogP) is 6.25. The summed E-state index contributed by atoms with van der Waals surface area (Å²) in [6.07, 6.45) is 0. The van der Waals surface area contributed by atoms with Crippen molar-refractivity contribution in [2.75, 3.05) is 28.3 Å². The van der Waals surface area contributed by atoms with Gasteiger partial charge in [-0.3, -0.25) is 9.59 Å². The Kier molecular flexibility index (Phi) is 5.31. The maximum atomic E-state index is 12.1. The van der Waals surface area contributed by atoms with Crippen LogP contribution in [0, 0.1) is 0 Å². The lowest BCUT2D eigenvalue weighted by Gasteiger charge is -2.10. The summed E-state index contributed by atoms with van der Waals surface area (Å²) >= 11 is 0. The van der Waals surface area contributed by atoms with Gasteiger partial charge in [0, 0.05) is 5.48 Å². The second kappa shape index (κ2) is 12.1. The molecule has 0 bridgehead atoms. The molecular weight excluding hydrogens is 456 g/mol. The van der Waals surface area contributed by atoms with E-state index in [4.69, 9.17) is 23.2 Å². The van der Waals surface area contributed by atoms with Crippen LogP contribution in [0.4, 0.5) is 0 Å². The molecule has 0 spiro atoms. The Labute approximate surface area is 225 Å². The van der Waals surface area contributed by atoms with Gasteiger partial charge in [0.15, 0.2) is 0 Å². The summed E-state index contributed by atoms with van der Waals surface area (Å²) in [5.74, 6) is -4.55. The normalized spacial score (nSPS) is 18.2. The molecular formula is C30H32O6. The Balaban J connectivity index is 0.000000251. The Morgan fingerprint density at radius 1 is 0.694 bits per heavy atom. The van der Waals surface area contributed by atoms with Crippen molar-refractivity contribution in [2.45, 2.75) is 25.6 Å². The largest absolute Gasteiger partial charge is 0.497 e. The molecule has 0 aliphatic heterocycles. The summed E-state index contributed by atoms with van der Waals surface area (Å²) in [4.78, 5) is 24.0. The quantitative estimate of drug-likeness (QED) is 0.293. The van der Waals surface area contributed by atoms with Crippen LogP contribution in [0.3, 0.4) is 0 Å². The number of esters is 2. The van der Waals surface area contributed by atoms with Crippen LogP contribution in [0.5, 0.6) is 11.5 Å². The van der Waals surface area contributed by atoms with Gasteiger partial charge in [-0.1, -0.05) is 48.5 Å². The van der Waals surface area contributed by atoms with Gasteiger partial charge in [-0.2, -0.15) is 0 Å². The fraction of sp³-hybridized carbons (Fsp3) is 0.267. The minimum Gasteiger partial charge on any atom is -0.497 e. The minimum absolute atomic E-state index is 0.168. The van der Waals surface area contributed by atoms with Gasteiger partial charge in [0.2, 0.25) is 0 Å². The van der Waals surface area contributed by atoms with E-state index < -0.39 is 44.7 Å². The van der Waals surface area contributed by atoms with Crippen LogP contribution < -0.4 is 9.47 Å². The zero-order valence-electron chi connectivity index (χ0n) is 30.0. The van der Waals surface area contributed by atoms with Crippen molar-refractivity contribution < 1.29 is 42.2 Å². The van der Waals surface area contributed by atoms with Crippen molar-refractivity contribution in [3.63, 3.8) is 0 Å². The molecule has 0 aliphatic rings. The Bertz CT molecular complexity index is 1710. The third-order valence-corrected chi connectivity index (χ3v) is 5.62. The first-order valence-corrected chi connectivity index (χ1v) is 10.8. The number of carbonyl (C=O) groups excluding carboxylic acids is 2. The van der Waals surface area contributed by atoms with Crippen molar-refractivity contribution in [1.82, 2.24) is 0 Å². The standard InChI is InChI=1S/2C15H16O3/c2*1-10(15(16)18-3)11-4-5-13-9-14(17-2)7-6-12(13)8-11/h2*4-10H,1-3H3/i3D3,10D;1D3,3D3. The van der Waals surface area contributed by atoms with E-state index >= 15 is 0 Å². The molecule has 4 aromatic rings. The SMILES string of the molecule is [2H]C([2H])([2H])OC(=O)C([2H])(C)c1ccc2cc(OC)ccc2c1.[2H]C([2H])([2H])OC(=O)C(c1ccc2cc(OC)ccc2c1)C([2H])([2H])[2H]. The van der Waals surface area contributed by atoms with Crippen LogP contribution in [0.2, 0.25) is 0 Å². The molecule has 188 valence electrons. The van der Waals surface area contributed by atoms with Gasteiger partial charge in [-0.15, -0.1) is 0 Å². The van der Waals surface area contributed by atoms with Crippen molar-refractivity contribution in [3.8, 4) is 11.5 Å². The Hall–Kier alpha value is -4.06. The summed E-state index contributed by atoms with van der Waals surface area (Å²) in [5, 5.41) is 3.21. The number of hydrogen-bond acceptors (Lipinski definition) is 6. The van der Waals surface area contributed by atoms with Gasteiger partial charge in [0.25, 0.3) is 0 Å². The number of fused-ring (bicyclic) bond motifs is 2. The highest BCUT2D eigenvalue weighted by Crippen LogP contribution is 2.27. The lowest BCUT2D eigenvalue weighted by molar-refractivity contribution is -0.142. The maximum absolute atomic E-state index is 12.1. The molecule has 0 radical (unpaired) electrons. The Morgan fingerprint density at radius 2 is 1.17 bits per heavy atom. The van der Waals surface area contributed by atoms with Crippen LogP contribution in [0.25, 0.3) is 21.5 Å². The van der Waals surface area contributed by atoms with Gasteiger partial charge in [0.1, 0.15) is 11.5 Å². The van der Waals surface area contributed by atoms with Gasteiger partial charge >= 0.3 is 11.9 Å². The van der Waals surface area contributed by atoms with Crippen LogP contribution in [0.1, 0.15) is 50.4 Å². The van der Waals surface area contributed by atoms with Crippen LogP contribution >= 0.6 is 0 Å². The molecule has 6 heteroatoms. The van der Waals surface area contributed by atoms with Crippen molar-refractivity contribution in [1.29, 1.82) is 0 Å². The highest BCUT2D eigenvalue weighted by molar-refractivity contribution is 5.87. The third-order valence-electron chi connectivity index (χ3n) is 5.62. The monoisotopic (exact) mass is 498 g/mol. The van der Waals surface area contributed by atoms with Crippen LogP contribution in [-0.4, -0.2) is 40.2 Å². The first-order valence-electron chi connectivity index (χ1n) is 15.8. The molecule has 0 N–H and O–H groups in total. The summed E-state index contributed by atoms with van der Waals surface area (Å²) < 4.78 is 91.7. The van der Waals surface area contributed by atoms with E-state index in [1.807, 2.05) is 12.1 Å². The fourth-order valence-electron chi connectivity index (χ4n) is 3.52. The first-order chi connectivity index (χ1) is 21.1. The first kappa shape index (κ1) is 15.8. The van der Waals surface area contributed by atoms with Gasteiger partial charge in [-0.25, -0.2) is 0 Å². The van der Waals surface area contributed by atoms with Crippen molar-refractivity contribution in [3.05, 3.63) is 83.9 Å². The molecule has 36 heavy (non-hydrogen) atoms. The summed E-state index contributed by atoms with van der Waals surface area (Å²) in [7, 11) is -2.75. The van der Waals surface area contributed by atoms with Gasteiger partial charge < -0.3 is 18.9 Å². The third kappa shape index (κ3) is 6.13. The molecule has 2 unspecified atom stereocenters. The molecule has 0 aliphatic carbocycles. The smallest absolute Gasteiger partial charge is 0.312 e. The van der Waals surface area contributed by atoms with Crippen LogP contribution in [-0.2, 0) is 19.1 Å². The number of methoxy groups -OCH3 is 4. The topological polar surface area (TPSA) is 71.1 Å². The Morgan fingerprint density at radius 3 is 1.69 bits per heavy atom. The zero-order valence-corrected chi connectivity index (χ0v) is 20.0. The van der Waals surface area contributed by atoms with E-state index in [0.29, 0.717) is 22.4 Å². The summed E-state index contributed by atoms with van der Waals surface area (Å²) in [5.41, 5.74) is 0.529. The lowest BCUT2D eigenvalue weighted by Crippen LogP contribution is -2.10. The van der Waals surface area contributed by atoms with E-state index in [1.54, 1.807) is 55.6 Å². The van der Waals surface area contributed by atoms with Gasteiger partial charge in [-0.05, 0) is 70.7 Å². The molecule has 0 fully saturated rings. The molecule has 4 rings (SSSR count).